The number of nitrogens with zero attached hydrogens (tertiary/aromatic N) is 1. The SMILES string of the molecule is COC(=O)C1=C(N)OC(C)=C(C#N)[C@@H]1c1ccccc1C(F)(F)F. The van der Waals surface area contributed by atoms with Crippen molar-refractivity contribution < 1.29 is 27.4 Å². The number of methoxy groups -OCH3 is 1. The zero-order valence-electron chi connectivity index (χ0n) is 12.8. The fourth-order valence-corrected chi connectivity index (χ4v) is 2.55. The third-order valence-electron chi connectivity index (χ3n) is 3.59. The highest BCUT2D eigenvalue weighted by atomic mass is 19.4. The minimum Gasteiger partial charge on any atom is -0.465 e. The van der Waals surface area contributed by atoms with Crippen LogP contribution in [0.1, 0.15) is 24.0 Å². The Bertz CT molecular complexity index is 788. The quantitative estimate of drug-likeness (QED) is 0.838. The number of carbonyl (C=O) groups is 1. The molecule has 0 fully saturated rings. The summed E-state index contributed by atoms with van der Waals surface area (Å²) in [5.74, 6) is -2.64. The van der Waals surface area contributed by atoms with Crippen molar-refractivity contribution >= 4 is 5.97 Å². The molecule has 1 aliphatic rings. The van der Waals surface area contributed by atoms with E-state index in [2.05, 4.69) is 4.74 Å². The predicted octanol–water partition coefficient (Wildman–Crippen LogP) is 2.96. The minimum atomic E-state index is -4.67. The summed E-state index contributed by atoms with van der Waals surface area (Å²) >= 11 is 0. The average molecular weight is 338 g/mol. The number of hydrogen-bond acceptors (Lipinski definition) is 5. The first kappa shape index (κ1) is 17.4. The number of nitriles is 1. The molecule has 1 aromatic carbocycles. The van der Waals surface area contributed by atoms with E-state index in [1.165, 1.54) is 25.1 Å². The summed E-state index contributed by atoms with van der Waals surface area (Å²) in [7, 11) is 1.06. The molecule has 126 valence electrons. The number of allylic oxidation sites excluding steroid dienone is 2. The van der Waals surface area contributed by atoms with E-state index in [-0.39, 0.29) is 28.4 Å². The van der Waals surface area contributed by atoms with Crippen LogP contribution in [0.15, 0.2) is 47.1 Å². The number of rotatable bonds is 2. The molecule has 0 bridgehead atoms. The van der Waals surface area contributed by atoms with Gasteiger partial charge in [0.1, 0.15) is 11.3 Å². The van der Waals surface area contributed by atoms with Crippen molar-refractivity contribution in [2.24, 2.45) is 5.73 Å². The van der Waals surface area contributed by atoms with Crippen LogP contribution in [0, 0.1) is 11.3 Å². The molecule has 0 saturated heterocycles. The molecule has 0 saturated carbocycles. The van der Waals surface area contributed by atoms with Gasteiger partial charge in [-0.05, 0) is 18.6 Å². The second-order valence-corrected chi connectivity index (χ2v) is 4.97. The summed E-state index contributed by atoms with van der Waals surface area (Å²) in [5.41, 5.74) is 3.97. The molecule has 0 amide bonds. The molecule has 5 nitrogen and oxygen atoms in total. The summed E-state index contributed by atoms with van der Waals surface area (Å²) in [6.45, 7) is 1.39. The highest BCUT2D eigenvalue weighted by molar-refractivity contribution is 5.92. The maximum Gasteiger partial charge on any atom is 0.416 e. The molecule has 1 heterocycles. The van der Waals surface area contributed by atoms with Gasteiger partial charge in [0, 0.05) is 0 Å². The predicted molar refractivity (Wildman–Crippen MR) is 76.8 cm³/mol. The van der Waals surface area contributed by atoms with E-state index in [4.69, 9.17) is 10.5 Å². The Morgan fingerprint density at radius 2 is 2.00 bits per heavy atom. The minimum absolute atomic E-state index is 0.0321. The van der Waals surface area contributed by atoms with Crippen LogP contribution in [-0.4, -0.2) is 13.1 Å². The van der Waals surface area contributed by atoms with Crippen LogP contribution in [0.3, 0.4) is 0 Å². The molecule has 0 radical (unpaired) electrons. The fraction of sp³-hybridized carbons (Fsp3) is 0.250. The second kappa shape index (κ2) is 6.28. The molecule has 0 unspecified atom stereocenters. The van der Waals surface area contributed by atoms with Crippen LogP contribution >= 0.6 is 0 Å². The van der Waals surface area contributed by atoms with Crippen LogP contribution in [0.5, 0.6) is 0 Å². The molecule has 0 spiro atoms. The van der Waals surface area contributed by atoms with E-state index in [0.717, 1.165) is 13.2 Å². The zero-order chi connectivity index (χ0) is 18.1. The average Bonchev–Trinajstić information content (AvgIpc) is 2.52. The van der Waals surface area contributed by atoms with Gasteiger partial charge in [0.15, 0.2) is 0 Å². The molecule has 2 rings (SSSR count). The van der Waals surface area contributed by atoms with Crippen molar-refractivity contribution in [3.8, 4) is 6.07 Å². The van der Waals surface area contributed by atoms with Crippen LogP contribution in [0.25, 0.3) is 0 Å². The Labute approximate surface area is 135 Å². The van der Waals surface area contributed by atoms with E-state index in [0.29, 0.717) is 0 Å². The van der Waals surface area contributed by atoms with Crippen LogP contribution in [0.4, 0.5) is 13.2 Å². The highest BCUT2D eigenvalue weighted by Gasteiger charge is 2.42. The number of carbonyl (C=O) groups excluding carboxylic acids is 1. The number of halogens is 3. The van der Waals surface area contributed by atoms with E-state index in [9.17, 15) is 23.2 Å². The van der Waals surface area contributed by atoms with Gasteiger partial charge >= 0.3 is 12.1 Å². The van der Waals surface area contributed by atoms with Gasteiger partial charge in [-0.1, -0.05) is 18.2 Å². The van der Waals surface area contributed by atoms with Crippen LogP contribution in [0.2, 0.25) is 0 Å². The molecule has 0 aliphatic carbocycles. The molecule has 8 heteroatoms. The maximum atomic E-state index is 13.3. The van der Waals surface area contributed by atoms with Crippen molar-refractivity contribution in [3.05, 3.63) is 58.2 Å². The molecule has 24 heavy (non-hydrogen) atoms. The second-order valence-electron chi connectivity index (χ2n) is 4.97. The lowest BCUT2D eigenvalue weighted by atomic mass is 9.81. The summed E-state index contributed by atoms with van der Waals surface area (Å²) in [6.07, 6.45) is -4.67. The standard InChI is InChI=1S/C16H13F3N2O3/c1-8-10(7-20)12(13(14(21)24-8)15(22)23-2)9-5-3-4-6-11(9)16(17,18)19/h3-6,12H,21H2,1-2H3/t12-/m0/s1. The number of hydrogen-bond donors (Lipinski definition) is 1. The van der Waals surface area contributed by atoms with Gasteiger partial charge in [0.25, 0.3) is 0 Å². The lowest BCUT2D eigenvalue weighted by molar-refractivity contribution is -0.139. The Morgan fingerprint density at radius 3 is 2.54 bits per heavy atom. The third-order valence-corrected chi connectivity index (χ3v) is 3.59. The van der Waals surface area contributed by atoms with E-state index >= 15 is 0 Å². The monoisotopic (exact) mass is 338 g/mol. The Kier molecular flexibility index (Phi) is 4.55. The third kappa shape index (κ3) is 2.93. The topological polar surface area (TPSA) is 85.3 Å². The number of esters is 1. The van der Waals surface area contributed by atoms with Crippen molar-refractivity contribution in [1.82, 2.24) is 0 Å². The lowest BCUT2D eigenvalue weighted by Crippen LogP contribution is -2.27. The maximum absolute atomic E-state index is 13.3. The first-order valence-corrected chi connectivity index (χ1v) is 6.75. The molecule has 1 atom stereocenters. The first-order valence-electron chi connectivity index (χ1n) is 6.75. The van der Waals surface area contributed by atoms with Gasteiger partial charge in [0.05, 0.1) is 30.2 Å². The number of alkyl halides is 3. The normalized spacial score (nSPS) is 18.1. The summed E-state index contributed by atoms with van der Waals surface area (Å²) in [5, 5.41) is 9.36. The molecular weight excluding hydrogens is 325 g/mol. The van der Waals surface area contributed by atoms with Crippen molar-refractivity contribution in [3.63, 3.8) is 0 Å². The Morgan fingerprint density at radius 1 is 1.38 bits per heavy atom. The van der Waals surface area contributed by atoms with Crippen LogP contribution in [-0.2, 0) is 20.4 Å². The molecule has 1 aliphatic heterocycles. The van der Waals surface area contributed by atoms with Gasteiger partial charge in [-0.15, -0.1) is 0 Å². The highest BCUT2D eigenvalue weighted by Crippen LogP contribution is 2.44. The Balaban J connectivity index is 2.78. The van der Waals surface area contributed by atoms with E-state index in [1.807, 2.05) is 0 Å². The smallest absolute Gasteiger partial charge is 0.416 e. The van der Waals surface area contributed by atoms with Gasteiger partial charge < -0.3 is 15.2 Å². The van der Waals surface area contributed by atoms with Crippen molar-refractivity contribution in [1.29, 1.82) is 5.26 Å². The molecular formula is C16H13F3N2O3. The lowest BCUT2D eigenvalue weighted by Gasteiger charge is -2.28. The van der Waals surface area contributed by atoms with Crippen LogP contribution < -0.4 is 5.73 Å². The molecule has 0 aromatic heterocycles. The summed E-state index contributed by atoms with van der Waals surface area (Å²) < 4.78 is 49.8. The van der Waals surface area contributed by atoms with Gasteiger partial charge in [0.2, 0.25) is 5.88 Å². The Hall–Kier alpha value is -2.95. The summed E-state index contributed by atoms with van der Waals surface area (Å²) in [4.78, 5) is 12.0. The number of ether oxygens (including phenoxy) is 2. The van der Waals surface area contributed by atoms with Gasteiger partial charge in [-0.25, -0.2) is 4.79 Å². The van der Waals surface area contributed by atoms with E-state index in [1.54, 1.807) is 6.07 Å². The zero-order valence-corrected chi connectivity index (χ0v) is 12.8. The van der Waals surface area contributed by atoms with Crippen molar-refractivity contribution in [2.45, 2.75) is 19.0 Å². The summed E-state index contributed by atoms with van der Waals surface area (Å²) in [6, 6.07) is 6.48. The largest absolute Gasteiger partial charge is 0.465 e. The van der Waals surface area contributed by atoms with Crippen molar-refractivity contribution in [2.75, 3.05) is 7.11 Å². The molecule has 2 N–H and O–H groups in total. The fourth-order valence-electron chi connectivity index (χ4n) is 2.55. The molecule has 1 aromatic rings. The number of nitrogens with two attached hydrogens (primary N) is 1. The van der Waals surface area contributed by atoms with Gasteiger partial charge in [-0.2, -0.15) is 18.4 Å². The number of benzene rings is 1. The first-order chi connectivity index (χ1) is 11.2. The van der Waals surface area contributed by atoms with E-state index < -0.39 is 23.6 Å². The van der Waals surface area contributed by atoms with Gasteiger partial charge in [-0.3, -0.25) is 0 Å².